The van der Waals surface area contributed by atoms with Crippen molar-refractivity contribution in [3.8, 4) is 16.9 Å². The summed E-state index contributed by atoms with van der Waals surface area (Å²) in [5, 5.41) is 0. The zero-order valence-corrected chi connectivity index (χ0v) is 21.1. The van der Waals surface area contributed by atoms with Gasteiger partial charge in [0.2, 0.25) is 0 Å². The highest BCUT2D eigenvalue weighted by Crippen LogP contribution is 2.29. The van der Waals surface area contributed by atoms with Crippen LogP contribution in [0.1, 0.15) is 31.5 Å². The van der Waals surface area contributed by atoms with Gasteiger partial charge in [-0.3, -0.25) is 13.9 Å². The Labute approximate surface area is 212 Å². The summed E-state index contributed by atoms with van der Waals surface area (Å²) in [6, 6.07) is 6.92. The van der Waals surface area contributed by atoms with Crippen LogP contribution in [0.4, 0.5) is 13.2 Å². The van der Waals surface area contributed by atoms with E-state index in [4.69, 9.17) is 16.2 Å². The average molecular weight is 518 g/mol. The quantitative estimate of drug-likeness (QED) is 0.334. The SMILES string of the molecule is COc1cccc(-c2c(C)n(Cc3c(F)cccc3F)c(=O)n(C[C@@H](CC(C)C)N=C(N)N)c2=O)c1F. The van der Waals surface area contributed by atoms with Crippen molar-refractivity contribution in [2.75, 3.05) is 7.11 Å². The van der Waals surface area contributed by atoms with Crippen LogP contribution in [-0.2, 0) is 13.1 Å². The first-order valence-electron chi connectivity index (χ1n) is 11.6. The lowest BCUT2D eigenvalue weighted by molar-refractivity contribution is 0.387. The van der Waals surface area contributed by atoms with Crippen molar-refractivity contribution >= 4 is 5.96 Å². The molecular weight excluding hydrogens is 487 g/mol. The topological polar surface area (TPSA) is 118 Å². The fourth-order valence-corrected chi connectivity index (χ4v) is 4.29. The maximum atomic E-state index is 15.3. The minimum atomic E-state index is -0.864. The number of aliphatic imine (C=N–C) groups is 1. The van der Waals surface area contributed by atoms with Crippen molar-refractivity contribution in [2.45, 2.75) is 46.3 Å². The third-order valence-electron chi connectivity index (χ3n) is 5.99. The number of ether oxygens (including phenoxy) is 1. The third kappa shape index (κ3) is 5.87. The van der Waals surface area contributed by atoms with Crippen molar-refractivity contribution in [3.05, 3.63) is 85.9 Å². The van der Waals surface area contributed by atoms with Crippen molar-refractivity contribution in [1.29, 1.82) is 0 Å². The van der Waals surface area contributed by atoms with Crippen molar-refractivity contribution in [1.82, 2.24) is 9.13 Å². The zero-order valence-electron chi connectivity index (χ0n) is 21.1. The standard InChI is InChI=1S/C26H30F3N5O3/c1-14(2)11-16(32-25(30)31)12-34-24(35)22(17-7-5-10-21(37-4)23(17)29)15(3)33(26(34)36)13-18-19(27)8-6-9-20(18)28/h5-10,14,16H,11-13H2,1-4H3,(H4,30,31,32)/t16-/m1/s1. The van der Waals surface area contributed by atoms with Gasteiger partial charge in [0, 0.05) is 16.8 Å². The molecule has 0 saturated heterocycles. The first kappa shape index (κ1) is 27.6. The molecule has 4 N–H and O–H groups in total. The molecule has 8 nitrogen and oxygen atoms in total. The molecule has 198 valence electrons. The van der Waals surface area contributed by atoms with E-state index in [1.54, 1.807) is 0 Å². The van der Waals surface area contributed by atoms with Crippen LogP contribution in [0.25, 0.3) is 11.1 Å². The van der Waals surface area contributed by atoms with Crippen LogP contribution in [0.3, 0.4) is 0 Å². The van der Waals surface area contributed by atoms with E-state index in [0.717, 1.165) is 21.3 Å². The van der Waals surface area contributed by atoms with Gasteiger partial charge < -0.3 is 16.2 Å². The fraction of sp³-hybridized carbons (Fsp3) is 0.346. The molecule has 3 aromatic rings. The van der Waals surface area contributed by atoms with Gasteiger partial charge in [0.15, 0.2) is 17.5 Å². The van der Waals surface area contributed by atoms with Gasteiger partial charge in [0.05, 0.1) is 31.8 Å². The molecule has 0 amide bonds. The van der Waals surface area contributed by atoms with E-state index in [1.165, 1.54) is 38.3 Å². The van der Waals surface area contributed by atoms with Gasteiger partial charge in [-0.15, -0.1) is 0 Å². The Balaban J connectivity index is 2.35. The summed E-state index contributed by atoms with van der Waals surface area (Å²) < 4.78 is 51.3. The van der Waals surface area contributed by atoms with Crippen LogP contribution in [0.5, 0.6) is 5.75 Å². The Hall–Kier alpha value is -4.02. The van der Waals surface area contributed by atoms with E-state index in [2.05, 4.69) is 4.99 Å². The summed E-state index contributed by atoms with van der Waals surface area (Å²) in [5.41, 5.74) is 8.89. The molecule has 0 fully saturated rings. The molecule has 2 aromatic carbocycles. The number of methoxy groups -OCH3 is 1. The van der Waals surface area contributed by atoms with Crippen LogP contribution in [0, 0.1) is 30.3 Å². The zero-order chi connectivity index (χ0) is 27.4. The second kappa shape index (κ2) is 11.4. The molecule has 3 rings (SSSR count). The number of nitrogens with two attached hydrogens (primary N) is 2. The Bertz CT molecular complexity index is 1420. The van der Waals surface area contributed by atoms with Gasteiger partial charge in [-0.1, -0.05) is 32.0 Å². The van der Waals surface area contributed by atoms with Gasteiger partial charge in [0.25, 0.3) is 5.56 Å². The van der Waals surface area contributed by atoms with E-state index >= 15 is 4.39 Å². The normalized spacial score (nSPS) is 12.0. The summed E-state index contributed by atoms with van der Waals surface area (Å²) >= 11 is 0. The maximum absolute atomic E-state index is 15.3. The van der Waals surface area contributed by atoms with Crippen molar-refractivity contribution in [3.63, 3.8) is 0 Å². The number of hydrogen-bond donors (Lipinski definition) is 2. The van der Waals surface area contributed by atoms with Gasteiger partial charge in [-0.25, -0.2) is 23.0 Å². The van der Waals surface area contributed by atoms with Gasteiger partial charge in [0.1, 0.15) is 11.6 Å². The minimum absolute atomic E-state index is 0.0308. The van der Waals surface area contributed by atoms with E-state index in [0.29, 0.717) is 6.42 Å². The summed E-state index contributed by atoms with van der Waals surface area (Å²) in [6.07, 6.45) is 0.433. The first-order valence-corrected chi connectivity index (χ1v) is 11.6. The average Bonchev–Trinajstić information content (AvgIpc) is 2.81. The second-order valence-corrected chi connectivity index (χ2v) is 9.10. The molecule has 1 aromatic heterocycles. The summed E-state index contributed by atoms with van der Waals surface area (Å²) in [4.78, 5) is 31.4. The van der Waals surface area contributed by atoms with Crippen LogP contribution in [0.2, 0.25) is 0 Å². The molecule has 37 heavy (non-hydrogen) atoms. The smallest absolute Gasteiger partial charge is 0.331 e. The lowest BCUT2D eigenvalue weighted by atomic mass is 10.0. The molecule has 0 saturated carbocycles. The molecule has 0 bridgehead atoms. The Morgan fingerprint density at radius 3 is 2.22 bits per heavy atom. The lowest BCUT2D eigenvalue weighted by Crippen LogP contribution is -2.45. The molecule has 0 radical (unpaired) electrons. The summed E-state index contributed by atoms with van der Waals surface area (Å²) in [7, 11) is 1.28. The Morgan fingerprint density at radius 1 is 1.03 bits per heavy atom. The second-order valence-electron chi connectivity index (χ2n) is 9.10. The molecular formula is C26H30F3N5O3. The summed E-state index contributed by atoms with van der Waals surface area (Å²) in [5.74, 6) is -2.77. The monoisotopic (exact) mass is 517 g/mol. The van der Waals surface area contributed by atoms with Gasteiger partial charge >= 0.3 is 5.69 Å². The number of aromatic nitrogens is 2. The maximum Gasteiger partial charge on any atom is 0.331 e. The third-order valence-corrected chi connectivity index (χ3v) is 5.99. The Kier molecular flexibility index (Phi) is 8.46. The number of hydrogen-bond acceptors (Lipinski definition) is 4. The fourth-order valence-electron chi connectivity index (χ4n) is 4.29. The summed E-state index contributed by atoms with van der Waals surface area (Å²) in [6.45, 7) is 4.50. The Morgan fingerprint density at radius 2 is 1.65 bits per heavy atom. The molecule has 1 heterocycles. The molecule has 0 aliphatic rings. The van der Waals surface area contributed by atoms with E-state index in [9.17, 15) is 18.4 Å². The highest BCUT2D eigenvalue weighted by Gasteiger charge is 2.25. The number of guanidine groups is 1. The lowest BCUT2D eigenvalue weighted by Gasteiger charge is -2.21. The van der Waals surface area contributed by atoms with Crippen molar-refractivity contribution in [2.24, 2.45) is 22.4 Å². The van der Waals surface area contributed by atoms with E-state index in [-0.39, 0.29) is 46.6 Å². The number of rotatable bonds is 9. The van der Waals surface area contributed by atoms with Crippen LogP contribution < -0.4 is 27.5 Å². The highest BCUT2D eigenvalue weighted by molar-refractivity contribution is 5.75. The van der Waals surface area contributed by atoms with Gasteiger partial charge in [-0.05, 0) is 37.5 Å². The minimum Gasteiger partial charge on any atom is -0.494 e. The largest absolute Gasteiger partial charge is 0.494 e. The number of nitrogens with zero attached hydrogens (tertiary/aromatic N) is 3. The number of benzene rings is 2. The predicted molar refractivity (Wildman–Crippen MR) is 136 cm³/mol. The molecule has 0 spiro atoms. The molecule has 11 heteroatoms. The molecule has 1 atom stereocenters. The predicted octanol–water partition coefficient (Wildman–Crippen LogP) is 3.15. The molecule has 0 unspecified atom stereocenters. The number of halogens is 3. The van der Waals surface area contributed by atoms with Crippen LogP contribution in [0.15, 0.2) is 51.0 Å². The van der Waals surface area contributed by atoms with E-state index < -0.39 is 41.3 Å². The molecule has 0 aliphatic carbocycles. The first-order chi connectivity index (χ1) is 17.5. The van der Waals surface area contributed by atoms with E-state index in [1.807, 2.05) is 13.8 Å². The van der Waals surface area contributed by atoms with Crippen molar-refractivity contribution < 1.29 is 17.9 Å². The highest BCUT2D eigenvalue weighted by atomic mass is 19.1. The van der Waals surface area contributed by atoms with Gasteiger partial charge in [-0.2, -0.15) is 0 Å². The van der Waals surface area contributed by atoms with Crippen LogP contribution >= 0.6 is 0 Å². The van der Waals surface area contributed by atoms with Crippen LogP contribution in [-0.4, -0.2) is 28.2 Å². The molecule has 0 aliphatic heterocycles.